The monoisotopic (exact) mass is 237 g/mol. The Labute approximate surface area is 103 Å². The van der Waals surface area contributed by atoms with Crippen LogP contribution in [0.2, 0.25) is 0 Å². The molecule has 1 aromatic rings. The van der Waals surface area contributed by atoms with Crippen LogP contribution in [-0.4, -0.2) is 29.6 Å². The number of aromatic nitrogens is 2. The van der Waals surface area contributed by atoms with Crippen molar-refractivity contribution >= 4 is 17.6 Å². The van der Waals surface area contributed by atoms with Crippen molar-refractivity contribution in [3.8, 4) is 0 Å². The molecule has 96 valence electrons. The third-order valence-electron chi connectivity index (χ3n) is 2.49. The molecule has 0 saturated carbocycles. The Bertz CT molecular complexity index is 340. The van der Waals surface area contributed by atoms with E-state index in [1.807, 2.05) is 6.07 Å². The summed E-state index contributed by atoms with van der Waals surface area (Å²) in [4.78, 5) is 10.7. The Morgan fingerprint density at radius 2 is 2.00 bits per heavy atom. The van der Waals surface area contributed by atoms with Crippen LogP contribution >= 0.6 is 0 Å². The topological polar surface area (TPSA) is 67.1 Å². The van der Waals surface area contributed by atoms with Crippen LogP contribution in [0.5, 0.6) is 0 Å². The highest BCUT2D eigenvalue weighted by molar-refractivity contribution is 5.52. The summed E-state index contributed by atoms with van der Waals surface area (Å²) in [5.74, 6) is 2.04. The fourth-order valence-corrected chi connectivity index (χ4v) is 1.66. The van der Waals surface area contributed by atoms with Gasteiger partial charge >= 0.3 is 0 Å². The van der Waals surface area contributed by atoms with Gasteiger partial charge in [-0.3, -0.25) is 0 Å². The van der Waals surface area contributed by atoms with Crippen LogP contribution < -0.4 is 16.0 Å². The summed E-state index contributed by atoms with van der Waals surface area (Å²) in [7, 11) is 0. The van der Waals surface area contributed by atoms with Crippen molar-refractivity contribution in [2.24, 2.45) is 0 Å². The van der Waals surface area contributed by atoms with E-state index in [0.29, 0.717) is 5.95 Å². The van der Waals surface area contributed by atoms with E-state index in [1.165, 1.54) is 0 Å². The van der Waals surface area contributed by atoms with E-state index >= 15 is 0 Å². The van der Waals surface area contributed by atoms with Crippen LogP contribution in [0.1, 0.15) is 33.6 Å². The molecule has 1 rings (SSSR count). The van der Waals surface area contributed by atoms with Crippen molar-refractivity contribution in [1.82, 2.24) is 9.97 Å². The summed E-state index contributed by atoms with van der Waals surface area (Å²) in [6.07, 6.45) is 2.15. The molecule has 0 atom stereocenters. The van der Waals surface area contributed by atoms with E-state index < -0.39 is 0 Å². The van der Waals surface area contributed by atoms with Crippen LogP contribution in [-0.2, 0) is 0 Å². The number of nitrogen functional groups attached to an aromatic ring is 1. The first-order valence-corrected chi connectivity index (χ1v) is 6.34. The van der Waals surface area contributed by atoms with Crippen LogP contribution in [0.4, 0.5) is 17.6 Å². The molecular weight excluding hydrogens is 214 g/mol. The molecule has 0 saturated heterocycles. The molecule has 1 heterocycles. The summed E-state index contributed by atoms with van der Waals surface area (Å²) in [6, 6.07) is 1.96. The normalized spacial score (nSPS) is 10.3. The second kappa shape index (κ2) is 6.93. The lowest BCUT2D eigenvalue weighted by Gasteiger charge is -2.21. The number of nitrogens with zero attached hydrogens (tertiary/aromatic N) is 3. The van der Waals surface area contributed by atoms with E-state index in [4.69, 9.17) is 5.73 Å². The largest absolute Gasteiger partial charge is 0.370 e. The first-order valence-electron chi connectivity index (χ1n) is 6.34. The summed E-state index contributed by atoms with van der Waals surface area (Å²) < 4.78 is 0. The lowest BCUT2D eigenvalue weighted by Crippen LogP contribution is -2.25. The van der Waals surface area contributed by atoms with Gasteiger partial charge in [0.25, 0.3) is 0 Å². The summed E-state index contributed by atoms with van der Waals surface area (Å²) in [6.45, 7) is 9.21. The van der Waals surface area contributed by atoms with Gasteiger partial charge in [0.05, 0.1) is 0 Å². The van der Waals surface area contributed by atoms with Gasteiger partial charge in [-0.25, -0.2) is 0 Å². The van der Waals surface area contributed by atoms with Crippen LogP contribution in [0.15, 0.2) is 6.07 Å². The fraction of sp³-hybridized carbons (Fsp3) is 0.667. The van der Waals surface area contributed by atoms with Crippen molar-refractivity contribution in [3.05, 3.63) is 6.07 Å². The third-order valence-corrected chi connectivity index (χ3v) is 2.49. The van der Waals surface area contributed by atoms with Gasteiger partial charge in [0.2, 0.25) is 5.95 Å². The number of rotatable bonds is 7. The Kier molecular flexibility index (Phi) is 5.52. The SMILES string of the molecule is CCCNc1cc(N(CC)CCC)nc(N)n1. The van der Waals surface area contributed by atoms with Gasteiger partial charge in [-0.15, -0.1) is 0 Å². The van der Waals surface area contributed by atoms with Gasteiger partial charge in [0.15, 0.2) is 0 Å². The Hall–Kier alpha value is -1.52. The molecule has 0 radical (unpaired) electrons. The molecular formula is C12H23N5. The van der Waals surface area contributed by atoms with E-state index in [1.54, 1.807) is 0 Å². The predicted molar refractivity (Wildman–Crippen MR) is 73.4 cm³/mol. The molecule has 0 fully saturated rings. The van der Waals surface area contributed by atoms with Crippen molar-refractivity contribution in [1.29, 1.82) is 0 Å². The van der Waals surface area contributed by atoms with Crippen molar-refractivity contribution in [2.45, 2.75) is 33.6 Å². The smallest absolute Gasteiger partial charge is 0.223 e. The number of hydrogen-bond donors (Lipinski definition) is 2. The van der Waals surface area contributed by atoms with Gasteiger partial charge < -0.3 is 16.0 Å². The van der Waals surface area contributed by atoms with E-state index in [9.17, 15) is 0 Å². The summed E-state index contributed by atoms with van der Waals surface area (Å²) in [5.41, 5.74) is 5.73. The zero-order chi connectivity index (χ0) is 12.7. The average Bonchev–Trinajstić information content (AvgIpc) is 2.32. The zero-order valence-electron chi connectivity index (χ0n) is 11.0. The summed E-state index contributed by atoms with van der Waals surface area (Å²) >= 11 is 0. The maximum atomic E-state index is 5.73. The number of nitrogens with one attached hydrogen (secondary N) is 1. The van der Waals surface area contributed by atoms with Crippen LogP contribution in [0.25, 0.3) is 0 Å². The van der Waals surface area contributed by atoms with Gasteiger partial charge in [-0.1, -0.05) is 13.8 Å². The van der Waals surface area contributed by atoms with Crippen molar-refractivity contribution < 1.29 is 0 Å². The van der Waals surface area contributed by atoms with E-state index in [0.717, 1.165) is 44.1 Å². The lowest BCUT2D eigenvalue weighted by atomic mass is 10.3. The van der Waals surface area contributed by atoms with E-state index in [-0.39, 0.29) is 0 Å². The Morgan fingerprint density at radius 1 is 1.24 bits per heavy atom. The molecule has 3 N–H and O–H groups in total. The van der Waals surface area contributed by atoms with Crippen LogP contribution in [0, 0.1) is 0 Å². The molecule has 5 heteroatoms. The standard InChI is InChI=1S/C12H23N5/c1-4-7-14-10-9-11(16-12(13)15-10)17(6-3)8-5-2/h9H,4-8H2,1-3H3,(H3,13,14,15,16). The number of anilines is 3. The first-order chi connectivity index (χ1) is 8.21. The fourth-order valence-electron chi connectivity index (χ4n) is 1.66. The third kappa shape index (κ3) is 4.09. The Balaban J connectivity index is 2.86. The minimum Gasteiger partial charge on any atom is -0.370 e. The maximum absolute atomic E-state index is 5.73. The number of hydrogen-bond acceptors (Lipinski definition) is 5. The maximum Gasteiger partial charge on any atom is 0.223 e. The summed E-state index contributed by atoms with van der Waals surface area (Å²) in [5, 5.41) is 3.24. The first kappa shape index (κ1) is 13.5. The highest BCUT2D eigenvalue weighted by Crippen LogP contribution is 2.17. The molecule has 0 unspecified atom stereocenters. The molecule has 0 spiro atoms. The van der Waals surface area contributed by atoms with Gasteiger partial charge in [-0.05, 0) is 19.8 Å². The molecule has 1 aromatic heterocycles. The molecule has 0 aromatic carbocycles. The predicted octanol–water partition coefficient (Wildman–Crippen LogP) is 2.12. The van der Waals surface area contributed by atoms with Gasteiger partial charge in [0, 0.05) is 25.7 Å². The highest BCUT2D eigenvalue weighted by Gasteiger charge is 2.08. The quantitative estimate of drug-likeness (QED) is 0.760. The molecule has 17 heavy (non-hydrogen) atoms. The molecule has 5 nitrogen and oxygen atoms in total. The number of nitrogens with two attached hydrogens (primary N) is 1. The molecule has 0 aliphatic carbocycles. The van der Waals surface area contributed by atoms with Gasteiger partial charge in [0.1, 0.15) is 11.6 Å². The van der Waals surface area contributed by atoms with Crippen LogP contribution in [0.3, 0.4) is 0 Å². The molecule has 0 amide bonds. The van der Waals surface area contributed by atoms with Gasteiger partial charge in [-0.2, -0.15) is 9.97 Å². The second-order valence-electron chi connectivity index (χ2n) is 3.98. The lowest BCUT2D eigenvalue weighted by molar-refractivity contribution is 0.777. The second-order valence-corrected chi connectivity index (χ2v) is 3.98. The molecule has 0 aliphatic heterocycles. The molecule has 0 aliphatic rings. The molecule has 0 bridgehead atoms. The average molecular weight is 237 g/mol. The zero-order valence-corrected chi connectivity index (χ0v) is 11.0. The van der Waals surface area contributed by atoms with Crippen molar-refractivity contribution in [2.75, 3.05) is 35.6 Å². The minimum atomic E-state index is 0.329. The van der Waals surface area contributed by atoms with Crippen molar-refractivity contribution in [3.63, 3.8) is 0 Å². The van der Waals surface area contributed by atoms with E-state index in [2.05, 4.69) is 41.0 Å². The Morgan fingerprint density at radius 3 is 2.59 bits per heavy atom. The minimum absolute atomic E-state index is 0.329. The highest BCUT2D eigenvalue weighted by atomic mass is 15.2.